The molecule has 29 heavy (non-hydrogen) atoms. The number of nitrogens with zero attached hydrogens (tertiary/aromatic N) is 5. The third kappa shape index (κ3) is 3.85. The van der Waals surface area contributed by atoms with E-state index in [2.05, 4.69) is 46.1 Å². The second-order valence-electron chi connectivity index (χ2n) is 8.67. The van der Waals surface area contributed by atoms with E-state index in [4.69, 9.17) is 0 Å². The minimum atomic E-state index is -0.129. The number of rotatable bonds is 6. The Morgan fingerprint density at radius 3 is 2.69 bits per heavy atom. The van der Waals surface area contributed by atoms with Gasteiger partial charge < -0.3 is 4.57 Å². The fourth-order valence-electron chi connectivity index (χ4n) is 4.47. The van der Waals surface area contributed by atoms with Crippen molar-refractivity contribution >= 4 is 11.3 Å². The maximum atomic E-state index is 13.5. The van der Waals surface area contributed by atoms with Gasteiger partial charge in [-0.05, 0) is 63.8 Å². The van der Waals surface area contributed by atoms with Crippen molar-refractivity contribution in [2.45, 2.75) is 51.0 Å². The van der Waals surface area contributed by atoms with E-state index in [-0.39, 0.29) is 16.1 Å². The standard InChI is InChI=1S/C22H28FN5S/c1-16-5-6-17(13-24-16)21(2,3)28-12-11-22(14-28,20-26-25-15-27(20)4)10-9-18-7-8-19(23)29-18/h5-8,13,15H,9-12,14H2,1-4H3. The van der Waals surface area contributed by atoms with Gasteiger partial charge in [0.1, 0.15) is 12.2 Å². The van der Waals surface area contributed by atoms with Gasteiger partial charge in [-0.25, -0.2) is 0 Å². The van der Waals surface area contributed by atoms with Crippen LogP contribution in [0.2, 0.25) is 0 Å². The van der Waals surface area contributed by atoms with Crippen LogP contribution in [0, 0.1) is 12.1 Å². The van der Waals surface area contributed by atoms with Crippen molar-refractivity contribution in [1.82, 2.24) is 24.6 Å². The van der Waals surface area contributed by atoms with Crippen LogP contribution in [0.25, 0.3) is 0 Å². The predicted octanol–water partition coefficient (Wildman–Crippen LogP) is 4.23. The van der Waals surface area contributed by atoms with Crippen LogP contribution in [0.3, 0.4) is 0 Å². The molecule has 0 radical (unpaired) electrons. The van der Waals surface area contributed by atoms with Crippen LogP contribution in [-0.4, -0.2) is 37.7 Å². The fourth-order valence-corrected chi connectivity index (χ4v) is 5.20. The van der Waals surface area contributed by atoms with E-state index < -0.39 is 0 Å². The van der Waals surface area contributed by atoms with Crippen LogP contribution < -0.4 is 0 Å². The van der Waals surface area contributed by atoms with Gasteiger partial charge in [-0.3, -0.25) is 9.88 Å². The van der Waals surface area contributed by atoms with Crippen LogP contribution >= 0.6 is 11.3 Å². The highest BCUT2D eigenvalue weighted by Crippen LogP contribution is 2.43. The Balaban J connectivity index is 1.61. The van der Waals surface area contributed by atoms with Crippen LogP contribution in [0.4, 0.5) is 4.39 Å². The lowest BCUT2D eigenvalue weighted by Gasteiger charge is -2.38. The van der Waals surface area contributed by atoms with E-state index in [1.165, 1.54) is 16.9 Å². The van der Waals surface area contributed by atoms with Crippen molar-refractivity contribution in [2.24, 2.45) is 7.05 Å². The van der Waals surface area contributed by atoms with E-state index in [1.54, 1.807) is 12.4 Å². The summed E-state index contributed by atoms with van der Waals surface area (Å²) in [6.45, 7) is 8.42. The number of pyridine rings is 1. The van der Waals surface area contributed by atoms with Crippen molar-refractivity contribution in [1.29, 1.82) is 0 Å². The Hall–Kier alpha value is -2.12. The van der Waals surface area contributed by atoms with Gasteiger partial charge in [-0.1, -0.05) is 6.07 Å². The average molecular weight is 414 g/mol. The van der Waals surface area contributed by atoms with E-state index >= 15 is 0 Å². The number of hydrogen-bond acceptors (Lipinski definition) is 5. The summed E-state index contributed by atoms with van der Waals surface area (Å²) in [5, 5.41) is 8.53. The smallest absolute Gasteiger partial charge is 0.176 e. The molecule has 0 aromatic carbocycles. The molecule has 0 saturated carbocycles. The van der Waals surface area contributed by atoms with Gasteiger partial charge in [0.15, 0.2) is 5.13 Å². The number of halogens is 1. The molecule has 1 atom stereocenters. The fraction of sp³-hybridized carbons (Fsp3) is 0.500. The minimum absolute atomic E-state index is 0.0961. The molecule has 4 rings (SSSR count). The molecule has 0 amide bonds. The van der Waals surface area contributed by atoms with Crippen molar-refractivity contribution < 1.29 is 4.39 Å². The molecule has 1 aliphatic heterocycles. The first-order chi connectivity index (χ1) is 13.8. The van der Waals surface area contributed by atoms with Gasteiger partial charge in [0, 0.05) is 47.9 Å². The van der Waals surface area contributed by atoms with Crippen molar-refractivity contribution in [3.05, 3.63) is 63.9 Å². The lowest BCUT2D eigenvalue weighted by Crippen LogP contribution is -2.43. The number of aromatic nitrogens is 4. The molecule has 1 unspecified atom stereocenters. The van der Waals surface area contributed by atoms with Gasteiger partial charge in [0.25, 0.3) is 0 Å². The lowest BCUT2D eigenvalue weighted by atomic mass is 9.80. The van der Waals surface area contributed by atoms with E-state index in [9.17, 15) is 4.39 Å². The quantitative estimate of drug-likeness (QED) is 0.607. The van der Waals surface area contributed by atoms with Crippen LogP contribution in [0.1, 0.15) is 48.6 Å². The summed E-state index contributed by atoms with van der Waals surface area (Å²) in [6.07, 6.45) is 6.56. The highest BCUT2D eigenvalue weighted by Gasteiger charge is 2.46. The zero-order chi connectivity index (χ0) is 20.6. The summed E-state index contributed by atoms with van der Waals surface area (Å²) in [7, 11) is 2.01. The molecule has 7 heteroatoms. The van der Waals surface area contributed by atoms with Crippen molar-refractivity contribution in [2.75, 3.05) is 13.1 Å². The first-order valence-corrected chi connectivity index (χ1v) is 10.9. The molecule has 3 aromatic rings. The van der Waals surface area contributed by atoms with E-state index in [1.807, 2.05) is 30.8 Å². The van der Waals surface area contributed by atoms with Gasteiger partial charge in [0.05, 0.1) is 0 Å². The maximum absolute atomic E-state index is 13.5. The molecule has 0 aliphatic carbocycles. The Labute approximate surface area is 175 Å². The zero-order valence-corrected chi connectivity index (χ0v) is 18.3. The molecule has 4 heterocycles. The zero-order valence-electron chi connectivity index (χ0n) is 17.5. The number of aryl methyl sites for hydroxylation is 3. The third-order valence-electron chi connectivity index (χ3n) is 6.43. The largest absolute Gasteiger partial charge is 0.320 e. The Morgan fingerprint density at radius 2 is 2.07 bits per heavy atom. The summed E-state index contributed by atoms with van der Waals surface area (Å²) >= 11 is 1.24. The summed E-state index contributed by atoms with van der Waals surface area (Å²) in [5.74, 6) is 1.02. The average Bonchev–Trinajstić information content (AvgIpc) is 3.41. The first-order valence-electron chi connectivity index (χ1n) is 10.1. The predicted molar refractivity (Wildman–Crippen MR) is 113 cm³/mol. The molecule has 1 aliphatic rings. The van der Waals surface area contributed by atoms with Crippen molar-refractivity contribution in [3.63, 3.8) is 0 Å². The molecular formula is C22H28FN5S. The summed E-state index contributed by atoms with van der Waals surface area (Å²) in [4.78, 5) is 8.13. The molecule has 3 aromatic heterocycles. The second-order valence-corrected chi connectivity index (χ2v) is 9.79. The van der Waals surface area contributed by atoms with Crippen LogP contribution in [0.15, 0.2) is 36.8 Å². The van der Waals surface area contributed by atoms with Gasteiger partial charge in [0.2, 0.25) is 0 Å². The monoisotopic (exact) mass is 413 g/mol. The van der Waals surface area contributed by atoms with Crippen LogP contribution in [-0.2, 0) is 24.4 Å². The Morgan fingerprint density at radius 1 is 1.24 bits per heavy atom. The lowest BCUT2D eigenvalue weighted by molar-refractivity contribution is 0.141. The van der Waals surface area contributed by atoms with Gasteiger partial charge in [-0.15, -0.1) is 21.5 Å². The van der Waals surface area contributed by atoms with E-state index in [0.29, 0.717) is 0 Å². The molecule has 5 nitrogen and oxygen atoms in total. The summed E-state index contributed by atoms with van der Waals surface area (Å²) in [5.41, 5.74) is 2.02. The molecule has 0 spiro atoms. The number of thiophene rings is 1. The van der Waals surface area contributed by atoms with Crippen molar-refractivity contribution in [3.8, 4) is 0 Å². The molecular weight excluding hydrogens is 385 g/mol. The van der Waals surface area contributed by atoms with Gasteiger partial charge >= 0.3 is 0 Å². The molecule has 154 valence electrons. The minimum Gasteiger partial charge on any atom is -0.320 e. The third-order valence-corrected chi connectivity index (χ3v) is 7.36. The highest BCUT2D eigenvalue weighted by atomic mass is 32.1. The molecule has 0 N–H and O–H groups in total. The molecule has 0 bridgehead atoms. The number of hydrogen-bond donors (Lipinski definition) is 0. The summed E-state index contributed by atoms with van der Waals surface area (Å²) in [6, 6.07) is 7.72. The normalized spacial score (nSPS) is 20.4. The molecule has 1 fully saturated rings. The Bertz CT molecular complexity index is 977. The second kappa shape index (κ2) is 7.61. The highest BCUT2D eigenvalue weighted by molar-refractivity contribution is 7.10. The van der Waals surface area contributed by atoms with Crippen LogP contribution in [0.5, 0.6) is 0 Å². The van der Waals surface area contributed by atoms with E-state index in [0.717, 1.165) is 48.7 Å². The topological polar surface area (TPSA) is 46.8 Å². The SMILES string of the molecule is Cc1ccc(C(C)(C)N2CCC(CCc3ccc(F)s3)(c3nncn3C)C2)cn1. The maximum Gasteiger partial charge on any atom is 0.176 e. The summed E-state index contributed by atoms with van der Waals surface area (Å²) < 4.78 is 15.5. The number of likely N-dealkylation sites (tertiary alicyclic amines) is 1. The van der Waals surface area contributed by atoms with Gasteiger partial charge in [-0.2, -0.15) is 4.39 Å². The Kier molecular flexibility index (Phi) is 5.29. The molecule has 1 saturated heterocycles. The first kappa shape index (κ1) is 20.2.